The van der Waals surface area contributed by atoms with E-state index in [-0.39, 0.29) is 17.6 Å². The third kappa shape index (κ3) is 2.26. The van der Waals surface area contributed by atoms with Crippen molar-refractivity contribution in [2.24, 2.45) is 5.92 Å². The molecule has 0 radical (unpaired) electrons. The van der Waals surface area contributed by atoms with Crippen LogP contribution in [0, 0.1) is 5.92 Å². The molecule has 1 atom stereocenters. The summed E-state index contributed by atoms with van der Waals surface area (Å²) in [6.45, 7) is 1.19. The van der Waals surface area contributed by atoms with E-state index in [1.165, 1.54) is 20.0 Å². The predicted molar refractivity (Wildman–Crippen MR) is 53.4 cm³/mol. The molecule has 14 heavy (non-hydrogen) atoms. The second kappa shape index (κ2) is 4.46. The molecular formula is C8H15BN2O3. The van der Waals surface area contributed by atoms with Gasteiger partial charge in [0.15, 0.2) is 5.81 Å². The maximum absolute atomic E-state index is 11.6. The number of hydroxylamine groups is 2. The summed E-state index contributed by atoms with van der Waals surface area (Å²) < 4.78 is 0. The molecule has 0 aliphatic carbocycles. The quantitative estimate of drug-likeness (QED) is 0.426. The van der Waals surface area contributed by atoms with Gasteiger partial charge in [0.2, 0.25) is 7.85 Å². The molecule has 1 heterocycles. The fraction of sp³-hybridized carbons (Fsp3) is 0.750. The summed E-state index contributed by atoms with van der Waals surface area (Å²) in [4.78, 5) is 29.1. The van der Waals surface area contributed by atoms with Crippen LogP contribution in [0.2, 0.25) is 0 Å². The Bertz CT molecular complexity index is 247. The molecular weight excluding hydrogens is 183 g/mol. The Morgan fingerprint density at radius 1 is 1.57 bits per heavy atom. The van der Waals surface area contributed by atoms with Gasteiger partial charge in [-0.15, -0.1) is 0 Å². The highest BCUT2D eigenvalue weighted by atomic mass is 16.7. The van der Waals surface area contributed by atoms with Crippen molar-refractivity contribution >= 4 is 19.6 Å². The number of hydrogen-bond donors (Lipinski definition) is 0. The van der Waals surface area contributed by atoms with Crippen LogP contribution < -0.4 is 0 Å². The van der Waals surface area contributed by atoms with E-state index in [2.05, 4.69) is 0 Å². The Balaban J connectivity index is 2.49. The summed E-state index contributed by atoms with van der Waals surface area (Å²) in [6.07, 6.45) is 0.728. The molecule has 1 aliphatic heterocycles. The highest BCUT2D eigenvalue weighted by molar-refractivity contribution is 6.56. The molecule has 0 bridgehead atoms. The van der Waals surface area contributed by atoms with Crippen LogP contribution >= 0.6 is 0 Å². The summed E-state index contributed by atoms with van der Waals surface area (Å²) in [6, 6.07) is 0. The van der Waals surface area contributed by atoms with Crippen molar-refractivity contribution in [3.05, 3.63) is 0 Å². The molecule has 6 heteroatoms. The molecule has 5 nitrogen and oxygen atoms in total. The van der Waals surface area contributed by atoms with Crippen LogP contribution in [0.4, 0.5) is 4.79 Å². The lowest BCUT2D eigenvalue weighted by Gasteiger charge is -2.18. The summed E-state index contributed by atoms with van der Waals surface area (Å²) in [5.41, 5.74) is 0. The van der Waals surface area contributed by atoms with Gasteiger partial charge in [-0.3, -0.25) is 14.4 Å². The molecule has 0 aromatic rings. The third-order valence-electron chi connectivity index (χ3n) is 2.57. The minimum Gasteiger partial charge on any atom is -0.351 e. The van der Waals surface area contributed by atoms with Crippen LogP contribution in [-0.4, -0.2) is 56.8 Å². The molecule has 2 amide bonds. The van der Waals surface area contributed by atoms with Gasteiger partial charge in [-0.25, -0.2) is 5.06 Å². The smallest absolute Gasteiger partial charge is 0.250 e. The van der Waals surface area contributed by atoms with Gasteiger partial charge in [-0.2, -0.15) is 0 Å². The Kier molecular flexibility index (Phi) is 3.52. The Hall–Kier alpha value is -1.04. The number of likely N-dealkylation sites (tertiary alicyclic amines) is 1. The Morgan fingerprint density at radius 3 is 2.64 bits per heavy atom. The van der Waals surface area contributed by atoms with Crippen molar-refractivity contribution in [3.63, 3.8) is 0 Å². The number of rotatable bonds is 2. The molecule has 0 spiro atoms. The van der Waals surface area contributed by atoms with Crippen LogP contribution in [0.5, 0.6) is 0 Å². The molecule has 1 fully saturated rings. The summed E-state index contributed by atoms with van der Waals surface area (Å²) in [7, 11) is 4.56. The van der Waals surface area contributed by atoms with Crippen molar-refractivity contribution in [1.29, 1.82) is 0 Å². The van der Waals surface area contributed by atoms with Crippen LogP contribution in [0.3, 0.4) is 0 Å². The second-order valence-corrected chi connectivity index (χ2v) is 3.47. The zero-order chi connectivity index (χ0) is 10.7. The monoisotopic (exact) mass is 198 g/mol. The van der Waals surface area contributed by atoms with E-state index in [4.69, 9.17) is 4.84 Å². The first kappa shape index (κ1) is 11.0. The number of carbonyl (C=O) groups excluding carboxylic acids is 2. The predicted octanol–water partition coefficient (Wildman–Crippen LogP) is -0.919. The molecule has 0 saturated carbocycles. The highest BCUT2D eigenvalue weighted by Crippen LogP contribution is 2.18. The standard InChI is InChI=1S/C8H15BN2O3/c1-10(14-2)7(12)6-3-4-11(5-6)8(9)13/h6H,3-5,9H2,1-2H3. The van der Waals surface area contributed by atoms with Gasteiger partial charge in [-0.1, -0.05) is 0 Å². The number of hydrogen-bond acceptors (Lipinski definition) is 3. The molecule has 1 unspecified atom stereocenters. The van der Waals surface area contributed by atoms with E-state index in [1.807, 2.05) is 0 Å². The van der Waals surface area contributed by atoms with Gasteiger partial charge in [-0.05, 0) is 6.42 Å². The highest BCUT2D eigenvalue weighted by Gasteiger charge is 2.31. The van der Waals surface area contributed by atoms with E-state index in [0.29, 0.717) is 13.1 Å². The van der Waals surface area contributed by atoms with Crippen molar-refractivity contribution in [2.75, 3.05) is 27.2 Å². The van der Waals surface area contributed by atoms with Crippen LogP contribution in [0.1, 0.15) is 6.42 Å². The first-order valence-electron chi connectivity index (χ1n) is 4.63. The SMILES string of the molecule is BC(=O)N1CCC(C(=O)N(C)OC)C1. The average Bonchev–Trinajstić information content (AvgIpc) is 2.64. The summed E-state index contributed by atoms with van der Waals surface area (Å²) in [5, 5.41) is 1.22. The lowest BCUT2D eigenvalue weighted by atomic mass is 10.1. The molecule has 0 aromatic carbocycles. The first-order valence-corrected chi connectivity index (χ1v) is 4.63. The van der Waals surface area contributed by atoms with Crippen LogP contribution in [0.15, 0.2) is 0 Å². The van der Waals surface area contributed by atoms with E-state index >= 15 is 0 Å². The van der Waals surface area contributed by atoms with Crippen molar-refractivity contribution in [3.8, 4) is 0 Å². The largest absolute Gasteiger partial charge is 0.351 e. The maximum Gasteiger partial charge on any atom is 0.250 e. The number of carbonyl (C=O) groups is 2. The summed E-state index contributed by atoms with van der Waals surface area (Å²) in [5.74, 6) is -0.138. The lowest BCUT2D eigenvalue weighted by Crippen LogP contribution is -2.35. The Labute approximate surface area is 84.4 Å². The topological polar surface area (TPSA) is 49.9 Å². The first-order chi connectivity index (χ1) is 6.56. The van der Waals surface area contributed by atoms with E-state index < -0.39 is 0 Å². The molecule has 78 valence electrons. The Morgan fingerprint density at radius 2 is 2.21 bits per heavy atom. The molecule has 0 aromatic heterocycles. The minimum absolute atomic E-state index is 0.0281. The van der Waals surface area contributed by atoms with Gasteiger partial charge < -0.3 is 4.90 Å². The van der Waals surface area contributed by atoms with Crippen molar-refractivity contribution < 1.29 is 14.4 Å². The fourth-order valence-corrected chi connectivity index (χ4v) is 1.59. The zero-order valence-corrected chi connectivity index (χ0v) is 8.82. The zero-order valence-electron chi connectivity index (χ0n) is 8.82. The van der Waals surface area contributed by atoms with Crippen LogP contribution in [0.25, 0.3) is 0 Å². The third-order valence-corrected chi connectivity index (χ3v) is 2.57. The van der Waals surface area contributed by atoms with Crippen molar-refractivity contribution in [1.82, 2.24) is 9.96 Å². The molecule has 0 N–H and O–H groups in total. The van der Waals surface area contributed by atoms with E-state index in [0.717, 1.165) is 6.42 Å². The summed E-state index contributed by atoms with van der Waals surface area (Å²) >= 11 is 0. The molecule has 1 rings (SSSR count). The van der Waals surface area contributed by atoms with Gasteiger partial charge >= 0.3 is 0 Å². The average molecular weight is 198 g/mol. The number of amides is 2. The normalized spacial score (nSPS) is 21.0. The minimum atomic E-state index is -0.108. The van der Waals surface area contributed by atoms with Crippen molar-refractivity contribution in [2.45, 2.75) is 6.42 Å². The second-order valence-electron chi connectivity index (χ2n) is 3.47. The lowest BCUT2D eigenvalue weighted by molar-refractivity contribution is -0.172. The van der Waals surface area contributed by atoms with Gasteiger partial charge in [0.25, 0.3) is 5.91 Å². The maximum atomic E-state index is 11.6. The van der Waals surface area contributed by atoms with Gasteiger partial charge in [0.05, 0.1) is 13.0 Å². The fourth-order valence-electron chi connectivity index (χ4n) is 1.59. The van der Waals surface area contributed by atoms with Gasteiger partial charge in [0, 0.05) is 20.1 Å². The van der Waals surface area contributed by atoms with Crippen LogP contribution in [-0.2, 0) is 9.63 Å². The number of nitrogens with zero attached hydrogens (tertiary/aromatic N) is 2. The molecule has 1 saturated heterocycles. The van der Waals surface area contributed by atoms with E-state index in [1.54, 1.807) is 11.9 Å². The van der Waals surface area contributed by atoms with Gasteiger partial charge in [0.1, 0.15) is 0 Å². The molecule has 1 aliphatic rings. The van der Waals surface area contributed by atoms with E-state index in [9.17, 15) is 9.59 Å².